The highest BCUT2D eigenvalue weighted by molar-refractivity contribution is 7.11. The minimum atomic E-state index is 0.509. The zero-order valence-corrected chi connectivity index (χ0v) is 13.1. The molecule has 0 N–H and O–H groups in total. The minimum Gasteiger partial charge on any atom is -0.465 e. The number of aromatic nitrogens is 1. The molecule has 4 heteroatoms. The largest absolute Gasteiger partial charge is 0.465 e. The predicted molar refractivity (Wildman–Crippen MR) is 89.2 cm³/mol. The number of benzene rings is 1. The van der Waals surface area contributed by atoms with Crippen LogP contribution in [0.15, 0.2) is 46.4 Å². The molecule has 0 aliphatic carbocycles. The van der Waals surface area contributed by atoms with E-state index >= 15 is 0 Å². The van der Waals surface area contributed by atoms with Gasteiger partial charge in [-0.3, -0.25) is 0 Å². The molecule has 3 aromatic rings. The first kappa shape index (κ1) is 14.3. The molecule has 0 unspecified atom stereocenters. The van der Waals surface area contributed by atoms with E-state index in [9.17, 15) is 5.26 Å². The zero-order valence-electron chi connectivity index (χ0n) is 12.3. The highest BCUT2D eigenvalue weighted by Gasteiger charge is 2.10. The molecule has 0 saturated heterocycles. The summed E-state index contributed by atoms with van der Waals surface area (Å²) in [5.41, 5.74) is 4.97. The topological polar surface area (TPSA) is 49.8 Å². The number of hydrogen-bond acceptors (Lipinski definition) is 4. The second-order valence-corrected chi connectivity index (χ2v) is 5.88. The maximum Gasteiger partial charge on any atom is 0.134 e. The fraction of sp³-hybridized carbons (Fsp3) is 0.111. The molecule has 108 valence electrons. The van der Waals surface area contributed by atoms with Gasteiger partial charge in [0.1, 0.15) is 16.8 Å². The Morgan fingerprint density at radius 1 is 1.27 bits per heavy atom. The summed E-state index contributed by atoms with van der Waals surface area (Å²) in [5, 5.41) is 12.0. The highest BCUT2D eigenvalue weighted by atomic mass is 32.1. The van der Waals surface area contributed by atoms with Gasteiger partial charge in [0.15, 0.2) is 0 Å². The van der Waals surface area contributed by atoms with Crippen LogP contribution >= 0.6 is 11.3 Å². The van der Waals surface area contributed by atoms with Crippen molar-refractivity contribution in [2.24, 2.45) is 0 Å². The summed E-state index contributed by atoms with van der Waals surface area (Å²) in [7, 11) is 0. The number of nitrogens with zero attached hydrogens (tertiary/aromatic N) is 2. The third-order valence-electron chi connectivity index (χ3n) is 3.49. The van der Waals surface area contributed by atoms with Gasteiger partial charge in [0.25, 0.3) is 0 Å². The molecule has 0 bridgehead atoms. The Hall–Kier alpha value is -2.64. The lowest BCUT2D eigenvalue weighted by molar-refractivity contribution is 0.557. The van der Waals surface area contributed by atoms with Gasteiger partial charge < -0.3 is 4.42 Å². The van der Waals surface area contributed by atoms with Crippen molar-refractivity contribution in [2.45, 2.75) is 13.8 Å². The van der Waals surface area contributed by atoms with E-state index in [0.29, 0.717) is 16.3 Å². The molecule has 2 heterocycles. The zero-order chi connectivity index (χ0) is 15.5. The third-order valence-corrected chi connectivity index (χ3v) is 4.36. The van der Waals surface area contributed by atoms with Gasteiger partial charge in [0.2, 0.25) is 0 Å². The van der Waals surface area contributed by atoms with Crippen LogP contribution in [0.1, 0.15) is 21.9 Å². The molecule has 0 amide bonds. The maximum atomic E-state index is 9.35. The van der Waals surface area contributed by atoms with Crippen molar-refractivity contribution in [1.29, 1.82) is 5.26 Å². The SMILES string of the molecule is Cc1ccc(-c2csc(/C(C#N)=C\c3ccco3)n2)cc1C. The summed E-state index contributed by atoms with van der Waals surface area (Å²) in [6.45, 7) is 4.18. The quantitative estimate of drug-likeness (QED) is 0.634. The summed E-state index contributed by atoms with van der Waals surface area (Å²) >= 11 is 1.47. The molecule has 2 aromatic heterocycles. The lowest BCUT2D eigenvalue weighted by Gasteiger charge is -2.02. The molecule has 0 fully saturated rings. The number of furan rings is 1. The van der Waals surface area contributed by atoms with Crippen LogP contribution in [0.2, 0.25) is 0 Å². The Morgan fingerprint density at radius 2 is 2.14 bits per heavy atom. The Labute approximate surface area is 133 Å². The number of thiazole rings is 1. The third kappa shape index (κ3) is 2.85. The molecule has 0 spiro atoms. The van der Waals surface area contributed by atoms with Crippen LogP contribution in [0.25, 0.3) is 22.9 Å². The first-order chi connectivity index (χ1) is 10.7. The van der Waals surface area contributed by atoms with E-state index in [1.165, 1.54) is 22.5 Å². The van der Waals surface area contributed by atoms with Gasteiger partial charge in [-0.25, -0.2) is 4.98 Å². The number of aryl methyl sites for hydroxylation is 2. The fourth-order valence-corrected chi connectivity index (χ4v) is 2.88. The van der Waals surface area contributed by atoms with E-state index < -0.39 is 0 Å². The lowest BCUT2D eigenvalue weighted by Crippen LogP contribution is -1.85. The summed E-state index contributed by atoms with van der Waals surface area (Å²) < 4.78 is 5.26. The van der Waals surface area contributed by atoms with Gasteiger partial charge in [-0.1, -0.05) is 12.1 Å². The van der Waals surface area contributed by atoms with Gasteiger partial charge >= 0.3 is 0 Å². The molecule has 3 rings (SSSR count). The van der Waals surface area contributed by atoms with E-state index in [1.54, 1.807) is 18.4 Å². The smallest absolute Gasteiger partial charge is 0.134 e. The summed E-state index contributed by atoms with van der Waals surface area (Å²) in [6.07, 6.45) is 3.30. The van der Waals surface area contributed by atoms with Gasteiger partial charge in [-0.05, 0) is 43.2 Å². The van der Waals surface area contributed by atoms with Crippen LogP contribution in [0, 0.1) is 25.2 Å². The van der Waals surface area contributed by atoms with Crippen LogP contribution in [0.3, 0.4) is 0 Å². The standard InChI is InChI=1S/C18H14N2OS/c1-12-5-6-14(8-13(12)2)17-11-22-18(20-17)15(10-19)9-16-4-3-7-21-16/h3-9,11H,1-2H3/b15-9-. The molecular formula is C18H14N2OS. The number of allylic oxidation sites excluding steroid dienone is 1. The molecule has 22 heavy (non-hydrogen) atoms. The van der Waals surface area contributed by atoms with E-state index in [-0.39, 0.29) is 0 Å². The Kier molecular flexibility index (Phi) is 3.90. The Balaban J connectivity index is 1.96. The van der Waals surface area contributed by atoms with Gasteiger partial charge in [0, 0.05) is 17.0 Å². The predicted octanol–water partition coefficient (Wildman–Crippen LogP) is 5.08. The van der Waals surface area contributed by atoms with Crippen molar-refractivity contribution in [3.05, 3.63) is 63.9 Å². The molecule has 0 atom stereocenters. The summed E-state index contributed by atoms with van der Waals surface area (Å²) in [6, 6.07) is 12.1. The average Bonchev–Trinajstić information content (AvgIpc) is 3.18. The first-order valence-electron chi connectivity index (χ1n) is 6.86. The second kappa shape index (κ2) is 6.00. The van der Waals surface area contributed by atoms with Crippen molar-refractivity contribution in [3.63, 3.8) is 0 Å². The molecule has 3 nitrogen and oxygen atoms in total. The highest BCUT2D eigenvalue weighted by Crippen LogP contribution is 2.28. The van der Waals surface area contributed by atoms with Crippen molar-refractivity contribution >= 4 is 23.0 Å². The Bertz CT molecular complexity index is 867. The van der Waals surface area contributed by atoms with E-state index in [1.807, 2.05) is 11.4 Å². The Morgan fingerprint density at radius 3 is 2.82 bits per heavy atom. The molecule has 0 aliphatic rings. The van der Waals surface area contributed by atoms with Crippen molar-refractivity contribution in [2.75, 3.05) is 0 Å². The van der Waals surface area contributed by atoms with Gasteiger partial charge in [0.05, 0.1) is 17.5 Å². The van der Waals surface area contributed by atoms with Crippen LogP contribution in [-0.2, 0) is 0 Å². The van der Waals surface area contributed by atoms with Crippen LogP contribution in [0.4, 0.5) is 0 Å². The van der Waals surface area contributed by atoms with Crippen LogP contribution < -0.4 is 0 Å². The van der Waals surface area contributed by atoms with E-state index in [0.717, 1.165) is 11.3 Å². The van der Waals surface area contributed by atoms with E-state index in [4.69, 9.17) is 4.42 Å². The van der Waals surface area contributed by atoms with Gasteiger partial charge in [-0.15, -0.1) is 11.3 Å². The number of nitriles is 1. The van der Waals surface area contributed by atoms with E-state index in [2.05, 4.69) is 43.1 Å². The molecule has 0 saturated carbocycles. The fourth-order valence-electron chi connectivity index (χ4n) is 2.09. The van der Waals surface area contributed by atoms with Crippen LogP contribution in [0.5, 0.6) is 0 Å². The normalized spacial score (nSPS) is 11.4. The van der Waals surface area contributed by atoms with Crippen molar-refractivity contribution < 1.29 is 4.42 Å². The molecule has 0 aliphatic heterocycles. The molecular weight excluding hydrogens is 292 g/mol. The molecule has 1 aromatic carbocycles. The molecule has 0 radical (unpaired) electrons. The summed E-state index contributed by atoms with van der Waals surface area (Å²) in [5.74, 6) is 0.652. The monoisotopic (exact) mass is 306 g/mol. The lowest BCUT2D eigenvalue weighted by atomic mass is 10.1. The van der Waals surface area contributed by atoms with Crippen molar-refractivity contribution in [3.8, 4) is 17.3 Å². The second-order valence-electron chi connectivity index (χ2n) is 5.02. The first-order valence-corrected chi connectivity index (χ1v) is 7.74. The number of rotatable bonds is 3. The van der Waals surface area contributed by atoms with Crippen molar-refractivity contribution in [1.82, 2.24) is 4.98 Å². The average molecular weight is 306 g/mol. The maximum absolute atomic E-state index is 9.35. The van der Waals surface area contributed by atoms with Gasteiger partial charge in [-0.2, -0.15) is 5.26 Å². The minimum absolute atomic E-state index is 0.509. The number of hydrogen-bond donors (Lipinski definition) is 0. The van der Waals surface area contributed by atoms with Crippen LogP contribution in [-0.4, -0.2) is 4.98 Å². The summed E-state index contributed by atoms with van der Waals surface area (Å²) in [4.78, 5) is 4.59.